The molecule has 0 saturated carbocycles. The van der Waals surface area contributed by atoms with Crippen LogP contribution in [0.15, 0.2) is 0 Å². The molecule has 0 radical (unpaired) electrons. The molecule has 1 rings (SSSR count). The van der Waals surface area contributed by atoms with Gasteiger partial charge in [-0.15, -0.1) is 0 Å². The number of hydrogen-bond acceptors (Lipinski definition) is 2. The lowest BCUT2D eigenvalue weighted by molar-refractivity contribution is -0.137. The average molecular weight is 199 g/mol. The summed E-state index contributed by atoms with van der Waals surface area (Å²) < 4.78 is 5.14. The van der Waals surface area contributed by atoms with E-state index in [1.165, 1.54) is 0 Å². The monoisotopic (exact) mass is 199 g/mol. The molecule has 0 aromatic rings. The van der Waals surface area contributed by atoms with E-state index in [4.69, 9.17) is 4.74 Å². The van der Waals surface area contributed by atoms with Gasteiger partial charge in [-0.2, -0.15) is 0 Å². The first-order valence-electron chi connectivity index (χ1n) is 5.54. The summed E-state index contributed by atoms with van der Waals surface area (Å²) in [6.07, 6.45) is 2.29. The summed E-state index contributed by atoms with van der Waals surface area (Å²) >= 11 is 0. The van der Waals surface area contributed by atoms with Crippen LogP contribution in [0.4, 0.5) is 0 Å². The smallest absolute Gasteiger partial charge is 0.248 e. The van der Waals surface area contributed by atoms with Crippen molar-refractivity contribution in [3.63, 3.8) is 0 Å². The van der Waals surface area contributed by atoms with E-state index in [9.17, 15) is 4.79 Å². The number of amides is 1. The van der Waals surface area contributed by atoms with Gasteiger partial charge in [-0.3, -0.25) is 4.79 Å². The van der Waals surface area contributed by atoms with Crippen molar-refractivity contribution < 1.29 is 9.53 Å². The quantitative estimate of drug-likeness (QED) is 0.689. The van der Waals surface area contributed by atoms with E-state index < -0.39 is 0 Å². The molecule has 0 bridgehead atoms. The highest BCUT2D eigenvalue weighted by molar-refractivity contribution is 5.78. The van der Waals surface area contributed by atoms with Crippen LogP contribution >= 0.6 is 0 Å². The summed E-state index contributed by atoms with van der Waals surface area (Å²) in [5, 5.41) is 0. The van der Waals surface area contributed by atoms with Gasteiger partial charge in [-0.25, -0.2) is 0 Å². The molecule has 1 heterocycles. The van der Waals surface area contributed by atoms with Crippen LogP contribution in [-0.2, 0) is 9.53 Å². The first-order chi connectivity index (χ1) is 6.66. The van der Waals surface area contributed by atoms with E-state index in [-0.39, 0.29) is 12.5 Å². The van der Waals surface area contributed by atoms with E-state index in [0.29, 0.717) is 18.6 Å². The molecule has 1 saturated heterocycles. The van der Waals surface area contributed by atoms with Crippen molar-refractivity contribution in [2.75, 3.05) is 19.8 Å². The van der Waals surface area contributed by atoms with Gasteiger partial charge in [-0.05, 0) is 25.7 Å². The van der Waals surface area contributed by atoms with Gasteiger partial charge in [0.05, 0.1) is 0 Å². The SMILES string of the molecule is CCOCC(=O)N1CCCC1C(C)C. The fraction of sp³-hybridized carbons (Fsp3) is 0.909. The van der Waals surface area contributed by atoms with Crippen LogP contribution in [-0.4, -0.2) is 36.6 Å². The summed E-state index contributed by atoms with van der Waals surface area (Å²) in [6, 6.07) is 0.433. The molecule has 1 amide bonds. The Kier molecular flexibility index (Phi) is 4.39. The number of hydrogen-bond donors (Lipinski definition) is 0. The number of ether oxygens (including phenoxy) is 1. The molecule has 0 spiro atoms. The Hall–Kier alpha value is -0.570. The minimum atomic E-state index is 0.156. The van der Waals surface area contributed by atoms with Crippen molar-refractivity contribution in [1.82, 2.24) is 4.90 Å². The van der Waals surface area contributed by atoms with Crippen LogP contribution in [0, 0.1) is 5.92 Å². The Bertz CT molecular complexity index is 192. The van der Waals surface area contributed by atoms with Crippen LogP contribution in [0.3, 0.4) is 0 Å². The van der Waals surface area contributed by atoms with Crippen molar-refractivity contribution in [3.8, 4) is 0 Å². The maximum atomic E-state index is 11.7. The molecule has 1 aliphatic heterocycles. The second-order valence-corrected chi connectivity index (χ2v) is 4.18. The van der Waals surface area contributed by atoms with Crippen molar-refractivity contribution in [2.45, 2.75) is 39.7 Å². The zero-order chi connectivity index (χ0) is 10.6. The average Bonchev–Trinajstić information content (AvgIpc) is 2.62. The zero-order valence-corrected chi connectivity index (χ0v) is 9.45. The highest BCUT2D eigenvalue weighted by Crippen LogP contribution is 2.23. The third-order valence-corrected chi connectivity index (χ3v) is 2.82. The lowest BCUT2D eigenvalue weighted by atomic mass is 10.0. The summed E-state index contributed by atoms with van der Waals surface area (Å²) in [5.41, 5.74) is 0. The third-order valence-electron chi connectivity index (χ3n) is 2.82. The van der Waals surface area contributed by atoms with Crippen LogP contribution < -0.4 is 0 Å². The predicted molar refractivity (Wildman–Crippen MR) is 56.1 cm³/mol. The highest BCUT2D eigenvalue weighted by Gasteiger charge is 2.30. The maximum absolute atomic E-state index is 11.7. The first kappa shape index (κ1) is 11.5. The summed E-state index contributed by atoms with van der Waals surface area (Å²) in [5.74, 6) is 0.714. The number of carbonyl (C=O) groups excluding carboxylic acids is 1. The summed E-state index contributed by atoms with van der Waals surface area (Å²) in [6.45, 7) is 8.05. The highest BCUT2D eigenvalue weighted by atomic mass is 16.5. The molecule has 1 fully saturated rings. The van der Waals surface area contributed by atoms with Gasteiger partial charge in [-0.1, -0.05) is 13.8 Å². The molecule has 82 valence electrons. The van der Waals surface area contributed by atoms with Crippen molar-refractivity contribution in [2.24, 2.45) is 5.92 Å². The van der Waals surface area contributed by atoms with E-state index in [1.54, 1.807) is 0 Å². The van der Waals surface area contributed by atoms with E-state index >= 15 is 0 Å². The Morgan fingerprint density at radius 1 is 1.57 bits per heavy atom. The maximum Gasteiger partial charge on any atom is 0.248 e. The lowest BCUT2D eigenvalue weighted by Gasteiger charge is -2.27. The lowest BCUT2D eigenvalue weighted by Crippen LogP contribution is -2.40. The minimum absolute atomic E-state index is 0.156. The molecule has 0 N–H and O–H groups in total. The third kappa shape index (κ3) is 2.71. The van der Waals surface area contributed by atoms with Gasteiger partial charge in [0.2, 0.25) is 5.91 Å². The largest absolute Gasteiger partial charge is 0.372 e. The second kappa shape index (κ2) is 5.35. The molecule has 0 aromatic heterocycles. The van der Waals surface area contributed by atoms with Gasteiger partial charge in [0.15, 0.2) is 0 Å². The van der Waals surface area contributed by atoms with Gasteiger partial charge < -0.3 is 9.64 Å². The molecule has 14 heavy (non-hydrogen) atoms. The molecule has 0 aromatic carbocycles. The second-order valence-electron chi connectivity index (χ2n) is 4.18. The Balaban J connectivity index is 2.45. The van der Waals surface area contributed by atoms with Crippen LogP contribution in [0.5, 0.6) is 0 Å². The van der Waals surface area contributed by atoms with E-state index in [0.717, 1.165) is 19.4 Å². The molecule has 1 unspecified atom stereocenters. The van der Waals surface area contributed by atoms with Gasteiger partial charge in [0.25, 0.3) is 0 Å². The number of carbonyl (C=O) groups is 1. The molecular weight excluding hydrogens is 178 g/mol. The molecule has 1 aliphatic rings. The van der Waals surface area contributed by atoms with Crippen molar-refractivity contribution in [3.05, 3.63) is 0 Å². The molecule has 3 nitrogen and oxygen atoms in total. The minimum Gasteiger partial charge on any atom is -0.372 e. The Labute approximate surface area is 86.4 Å². The molecular formula is C11H21NO2. The molecule has 3 heteroatoms. The summed E-state index contributed by atoms with van der Waals surface area (Å²) in [4.78, 5) is 13.7. The van der Waals surface area contributed by atoms with Gasteiger partial charge >= 0.3 is 0 Å². The topological polar surface area (TPSA) is 29.5 Å². The number of likely N-dealkylation sites (tertiary alicyclic amines) is 1. The van der Waals surface area contributed by atoms with Crippen LogP contribution in [0.1, 0.15) is 33.6 Å². The molecule has 0 aliphatic carbocycles. The summed E-state index contributed by atoms with van der Waals surface area (Å²) in [7, 11) is 0. The van der Waals surface area contributed by atoms with E-state index in [1.807, 2.05) is 11.8 Å². The van der Waals surface area contributed by atoms with E-state index in [2.05, 4.69) is 13.8 Å². The van der Waals surface area contributed by atoms with Gasteiger partial charge in [0, 0.05) is 19.2 Å². The zero-order valence-electron chi connectivity index (χ0n) is 9.45. The predicted octanol–water partition coefficient (Wildman–Crippen LogP) is 1.67. The normalized spacial score (nSPS) is 22.0. The first-order valence-corrected chi connectivity index (χ1v) is 5.54. The van der Waals surface area contributed by atoms with Crippen molar-refractivity contribution >= 4 is 5.91 Å². The fourth-order valence-corrected chi connectivity index (χ4v) is 2.07. The number of rotatable bonds is 4. The Morgan fingerprint density at radius 2 is 2.29 bits per heavy atom. The van der Waals surface area contributed by atoms with Gasteiger partial charge in [0.1, 0.15) is 6.61 Å². The standard InChI is InChI=1S/C11H21NO2/c1-4-14-8-11(13)12-7-5-6-10(12)9(2)3/h9-10H,4-8H2,1-3H3. The fourth-order valence-electron chi connectivity index (χ4n) is 2.07. The Morgan fingerprint density at radius 3 is 2.86 bits per heavy atom. The molecule has 1 atom stereocenters. The van der Waals surface area contributed by atoms with Crippen LogP contribution in [0.2, 0.25) is 0 Å². The van der Waals surface area contributed by atoms with Crippen molar-refractivity contribution in [1.29, 1.82) is 0 Å². The number of nitrogens with zero attached hydrogens (tertiary/aromatic N) is 1. The van der Waals surface area contributed by atoms with Crippen LogP contribution in [0.25, 0.3) is 0 Å².